The second-order valence-corrected chi connectivity index (χ2v) is 9.17. The third kappa shape index (κ3) is 6.82. The zero-order valence-electron chi connectivity index (χ0n) is 21.9. The van der Waals surface area contributed by atoms with Crippen LogP contribution in [0.25, 0.3) is 0 Å². The number of ether oxygens (including phenoxy) is 2. The van der Waals surface area contributed by atoms with E-state index < -0.39 is 12.3 Å². The van der Waals surface area contributed by atoms with Crippen LogP contribution in [0.2, 0.25) is 0 Å². The summed E-state index contributed by atoms with van der Waals surface area (Å²) in [6.07, 6.45) is 6.80. The summed E-state index contributed by atoms with van der Waals surface area (Å²) in [7, 11) is 0. The zero-order chi connectivity index (χ0) is 27.7. The minimum absolute atomic E-state index is 0.0882. The Balaban J connectivity index is 1.40. The zero-order valence-corrected chi connectivity index (χ0v) is 21.9. The van der Waals surface area contributed by atoms with E-state index in [9.17, 15) is 9.90 Å². The Labute approximate surface area is 232 Å². The predicted molar refractivity (Wildman–Crippen MR) is 152 cm³/mol. The molecule has 1 aliphatic heterocycles. The molecule has 0 bridgehead atoms. The minimum atomic E-state index is -0.953. The van der Waals surface area contributed by atoms with Crippen LogP contribution in [0.4, 0.5) is 33.6 Å². The molecule has 1 aliphatic rings. The maximum Gasteiger partial charge on any atom is 0.420 e. The number of rotatable bonds is 10. The van der Waals surface area contributed by atoms with E-state index in [0.29, 0.717) is 23.1 Å². The normalized spacial score (nSPS) is 14.2. The number of aliphatic hydroxyl groups is 1. The van der Waals surface area contributed by atoms with Crippen molar-refractivity contribution in [3.63, 3.8) is 0 Å². The molecule has 11 nitrogen and oxygen atoms in total. The van der Waals surface area contributed by atoms with Crippen LogP contribution in [0.1, 0.15) is 24.4 Å². The summed E-state index contributed by atoms with van der Waals surface area (Å²) in [5.41, 5.74) is 2.65. The molecule has 4 aromatic rings. The fraction of sp³-hybridized carbons (Fsp3) is 0.241. The number of benzene rings is 2. The fourth-order valence-electron chi connectivity index (χ4n) is 4.29. The third-order valence-electron chi connectivity index (χ3n) is 6.32. The van der Waals surface area contributed by atoms with Crippen LogP contribution >= 0.6 is 0 Å². The van der Waals surface area contributed by atoms with Gasteiger partial charge in [-0.3, -0.25) is 4.68 Å². The van der Waals surface area contributed by atoms with E-state index in [4.69, 9.17) is 9.47 Å². The van der Waals surface area contributed by atoms with Gasteiger partial charge in [0.15, 0.2) is 0 Å². The van der Waals surface area contributed by atoms with E-state index >= 15 is 0 Å². The summed E-state index contributed by atoms with van der Waals surface area (Å²) in [6.45, 7) is 5.11. The second kappa shape index (κ2) is 12.9. The predicted octanol–water partition coefficient (Wildman–Crippen LogP) is 5.16. The first kappa shape index (κ1) is 26.9. The quantitative estimate of drug-likeness (QED) is 0.184. The van der Waals surface area contributed by atoms with Gasteiger partial charge in [-0.15, -0.1) is 0 Å². The average Bonchev–Trinajstić information content (AvgIpc) is 3.46. The number of hydrogen-bond acceptors (Lipinski definition) is 9. The highest BCUT2D eigenvalue weighted by Gasteiger charge is 2.23. The topological polar surface area (TPSA) is 127 Å². The largest absolute Gasteiger partial charge is 0.444 e. The van der Waals surface area contributed by atoms with Crippen molar-refractivity contribution < 1.29 is 19.4 Å². The number of carbonyl (C=O) groups excluding carboxylic acids is 1. The molecule has 1 atom stereocenters. The molecular formula is C29H31N7O4. The smallest absolute Gasteiger partial charge is 0.420 e. The molecule has 3 heterocycles. The lowest BCUT2D eigenvalue weighted by Crippen LogP contribution is -2.28. The van der Waals surface area contributed by atoms with E-state index in [-0.39, 0.29) is 12.6 Å². The van der Waals surface area contributed by atoms with Crippen molar-refractivity contribution in [2.24, 2.45) is 0 Å². The van der Waals surface area contributed by atoms with Gasteiger partial charge in [0.2, 0.25) is 5.95 Å². The van der Waals surface area contributed by atoms with Crippen molar-refractivity contribution in [3.05, 3.63) is 97.5 Å². The molecule has 0 spiro atoms. The highest BCUT2D eigenvalue weighted by molar-refractivity contribution is 5.95. The van der Waals surface area contributed by atoms with Crippen LogP contribution in [0.15, 0.2) is 91.9 Å². The van der Waals surface area contributed by atoms with Gasteiger partial charge >= 0.3 is 6.09 Å². The van der Waals surface area contributed by atoms with Crippen molar-refractivity contribution in [3.8, 4) is 0 Å². The molecule has 2 aromatic carbocycles. The summed E-state index contributed by atoms with van der Waals surface area (Å²) in [5.74, 6) is 0.593. The highest BCUT2D eigenvalue weighted by atomic mass is 16.6. The molecule has 5 rings (SSSR count). The summed E-state index contributed by atoms with van der Waals surface area (Å²) < 4.78 is 13.0. The highest BCUT2D eigenvalue weighted by Crippen LogP contribution is 2.29. The van der Waals surface area contributed by atoms with E-state index in [2.05, 4.69) is 32.3 Å². The molecule has 3 N–H and O–H groups in total. The molecule has 1 amide bonds. The van der Waals surface area contributed by atoms with Crippen LogP contribution in [0, 0.1) is 0 Å². The molecular weight excluding hydrogens is 510 g/mol. The maximum atomic E-state index is 13.5. The molecule has 0 saturated carbocycles. The lowest BCUT2D eigenvalue weighted by atomic mass is 10.1. The number of nitrogens with one attached hydrogen (secondary N) is 2. The number of hydrogen-bond donors (Lipinski definition) is 3. The summed E-state index contributed by atoms with van der Waals surface area (Å²) in [5, 5.41) is 20.5. The first-order valence-electron chi connectivity index (χ1n) is 13.0. The summed E-state index contributed by atoms with van der Waals surface area (Å²) in [4.78, 5) is 23.8. The lowest BCUT2D eigenvalue weighted by molar-refractivity contribution is 0.0662. The monoisotopic (exact) mass is 541 g/mol. The maximum absolute atomic E-state index is 13.5. The Morgan fingerprint density at radius 3 is 2.80 bits per heavy atom. The van der Waals surface area contributed by atoms with Crippen LogP contribution in [-0.4, -0.2) is 50.4 Å². The Kier molecular flexibility index (Phi) is 8.64. The van der Waals surface area contributed by atoms with E-state index in [0.717, 1.165) is 37.3 Å². The average molecular weight is 542 g/mol. The van der Waals surface area contributed by atoms with Crippen LogP contribution in [0.5, 0.6) is 0 Å². The Morgan fingerprint density at radius 2 is 2.00 bits per heavy atom. The third-order valence-corrected chi connectivity index (χ3v) is 6.32. The summed E-state index contributed by atoms with van der Waals surface area (Å²) in [6, 6.07) is 18.3. The van der Waals surface area contributed by atoms with Crippen molar-refractivity contribution in [2.45, 2.75) is 31.7 Å². The first-order valence-corrected chi connectivity index (χ1v) is 13.0. The van der Waals surface area contributed by atoms with Gasteiger partial charge in [0.25, 0.3) is 0 Å². The van der Waals surface area contributed by atoms with Gasteiger partial charge in [0, 0.05) is 37.4 Å². The standard InChI is InChI=1S/C29H31N7O4/c1-2-27(37)32-22-9-6-10-25(17-22)36(29(38)40-20-21-7-4-3-5-8-21)26-11-14-30-28(34-26)33-23-18-31-35(19-23)24-12-15-39-16-13-24/h2-11,14,17-19,24,27,32,37H,1,12-13,15-16,20H2,(H,30,33,34). The van der Waals surface area contributed by atoms with E-state index in [1.807, 2.05) is 41.2 Å². The molecule has 1 unspecified atom stereocenters. The molecule has 0 radical (unpaired) electrons. The molecule has 1 saturated heterocycles. The number of aromatic nitrogens is 4. The van der Waals surface area contributed by atoms with E-state index in [1.165, 1.54) is 11.0 Å². The van der Waals surface area contributed by atoms with Crippen LogP contribution in [-0.2, 0) is 16.1 Å². The second-order valence-electron chi connectivity index (χ2n) is 9.17. The van der Waals surface area contributed by atoms with Crippen molar-refractivity contribution in [1.29, 1.82) is 0 Å². The van der Waals surface area contributed by atoms with Gasteiger partial charge in [-0.25, -0.2) is 14.7 Å². The molecule has 0 aliphatic carbocycles. The molecule has 2 aromatic heterocycles. The van der Waals surface area contributed by atoms with Crippen LogP contribution < -0.4 is 15.5 Å². The molecule has 40 heavy (non-hydrogen) atoms. The molecule has 1 fully saturated rings. The van der Waals surface area contributed by atoms with Gasteiger partial charge in [-0.2, -0.15) is 10.1 Å². The molecule has 11 heteroatoms. The van der Waals surface area contributed by atoms with Gasteiger partial charge in [-0.1, -0.05) is 43.0 Å². The number of amides is 1. The van der Waals surface area contributed by atoms with Crippen molar-refractivity contribution in [2.75, 3.05) is 28.7 Å². The SMILES string of the molecule is C=CC(O)Nc1cccc(N(C(=O)OCc2ccccc2)c2ccnc(Nc3cnn(C4CCOCC4)c3)n2)c1. The van der Waals surface area contributed by atoms with Gasteiger partial charge in [-0.05, 0) is 42.7 Å². The fourth-order valence-corrected chi connectivity index (χ4v) is 4.29. The first-order chi connectivity index (χ1) is 19.6. The van der Waals surface area contributed by atoms with Gasteiger partial charge in [0.1, 0.15) is 18.7 Å². The van der Waals surface area contributed by atoms with Crippen molar-refractivity contribution in [1.82, 2.24) is 19.7 Å². The Bertz CT molecular complexity index is 1420. The Morgan fingerprint density at radius 1 is 1.18 bits per heavy atom. The summed E-state index contributed by atoms with van der Waals surface area (Å²) >= 11 is 0. The van der Waals surface area contributed by atoms with Crippen molar-refractivity contribution >= 4 is 34.9 Å². The number of carbonyl (C=O) groups is 1. The van der Waals surface area contributed by atoms with Gasteiger partial charge in [0.05, 0.1) is 23.6 Å². The number of aliphatic hydroxyl groups excluding tert-OH is 1. The number of nitrogens with zero attached hydrogens (tertiary/aromatic N) is 5. The van der Waals surface area contributed by atoms with Crippen LogP contribution in [0.3, 0.4) is 0 Å². The molecule has 206 valence electrons. The number of anilines is 5. The van der Waals surface area contributed by atoms with E-state index in [1.54, 1.807) is 42.7 Å². The minimum Gasteiger partial charge on any atom is -0.444 e. The lowest BCUT2D eigenvalue weighted by Gasteiger charge is -2.23. The Hall–Kier alpha value is -4.74. The van der Waals surface area contributed by atoms with Gasteiger partial charge < -0.3 is 25.2 Å².